The summed E-state index contributed by atoms with van der Waals surface area (Å²) in [7, 11) is 1.87. The number of halogens is 1. The van der Waals surface area contributed by atoms with Gasteiger partial charge in [-0.2, -0.15) is 0 Å². The Bertz CT molecular complexity index is 229. The predicted molar refractivity (Wildman–Crippen MR) is 76.3 cm³/mol. The number of rotatable bonds is 6. The maximum atomic E-state index is 11.9. The molecule has 0 rings (SSSR count). The predicted octanol–water partition coefficient (Wildman–Crippen LogP) is 2.53. The number of hydrogen-bond acceptors (Lipinski definition) is 2. The first-order chi connectivity index (χ1) is 7.19. The average molecular weight is 265 g/mol. The van der Waals surface area contributed by atoms with Crippen molar-refractivity contribution in [2.75, 3.05) is 20.1 Å². The fraction of sp³-hybridized carbons (Fsp3) is 0.923. The largest absolute Gasteiger partial charge is 0.345 e. The van der Waals surface area contributed by atoms with Crippen LogP contribution in [0.25, 0.3) is 0 Å². The molecule has 0 heterocycles. The number of nitrogens with zero attached hydrogens (tertiary/aromatic N) is 1. The van der Waals surface area contributed by atoms with E-state index in [-0.39, 0.29) is 23.7 Å². The average Bonchev–Trinajstić information content (AvgIpc) is 2.16. The molecule has 2 N–H and O–H groups in total. The monoisotopic (exact) mass is 264 g/mol. The number of carbonyl (C=O) groups is 1. The molecule has 0 aromatic carbocycles. The van der Waals surface area contributed by atoms with Crippen LogP contribution in [-0.2, 0) is 4.79 Å². The highest BCUT2D eigenvalue weighted by Gasteiger charge is 2.22. The van der Waals surface area contributed by atoms with Crippen molar-refractivity contribution in [2.45, 2.75) is 41.0 Å². The van der Waals surface area contributed by atoms with Crippen molar-refractivity contribution >= 4 is 18.3 Å². The summed E-state index contributed by atoms with van der Waals surface area (Å²) in [6.07, 6.45) is 0.634. The van der Waals surface area contributed by atoms with Gasteiger partial charge in [0.25, 0.3) is 0 Å². The third-order valence-electron chi connectivity index (χ3n) is 3.28. The van der Waals surface area contributed by atoms with Crippen LogP contribution >= 0.6 is 12.4 Å². The fourth-order valence-electron chi connectivity index (χ4n) is 1.46. The zero-order valence-corrected chi connectivity index (χ0v) is 12.9. The second kappa shape index (κ2) is 7.93. The number of carbonyl (C=O) groups excluding carboxylic acids is 1. The molecule has 0 radical (unpaired) electrons. The Morgan fingerprint density at radius 1 is 1.29 bits per heavy atom. The highest BCUT2D eigenvalue weighted by Crippen LogP contribution is 2.18. The third-order valence-corrected chi connectivity index (χ3v) is 3.28. The minimum absolute atomic E-state index is 0. The molecule has 0 aliphatic carbocycles. The van der Waals surface area contributed by atoms with E-state index in [1.807, 2.05) is 11.9 Å². The quantitative estimate of drug-likeness (QED) is 0.801. The molecule has 0 aromatic heterocycles. The van der Waals surface area contributed by atoms with E-state index in [9.17, 15) is 4.79 Å². The molecule has 0 aliphatic heterocycles. The van der Waals surface area contributed by atoms with E-state index in [0.29, 0.717) is 24.8 Å². The lowest BCUT2D eigenvalue weighted by molar-refractivity contribution is -0.132. The van der Waals surface area contributed by atoms with Gasteiger partial charge in [-0.15, -0.1) is 12.4 Å². The van der Waals surface area contributed by atoms with Crippen molar-refractivity contribution in [1.29, 1.82) is 0 Å². The molecule has 17 heavy (non-hydrogen) atoms. The van der Waals surface area contributed by atoms with Crippen LogP contribution in [0.2, 0.25) is 0 Å². The molecule has 1 amide bonds. The molecule has 1 atom stereocenters. The lowest BCUT2D eigenvalue weighted by Crippen LogP contribution is -2.40. The smallest absolute Gasteiger partial charge is 0.222 e. The molecule has 0 aliphatic rings. The molecule has 0 saturated heterocycles. The normalized spacial score (nSPS) is 13.2. The highest BCUT2D eigenvalue weighted by molar-refractivity contribution is 5.85. The molecule has 4 heteroatoms. The van der Waals surface area contributed by atoms with E-state index >= 15 is 0 Å². The minimum Gasteiger partial charge on any atom is -0.345 e. The first-order valence-electron chi connectivity index (χ1n) is 6.13. The topological polar surface area (TPSA) is 46.3 Å². The maximum Gasteiger partial charge on any atom is 0.222 e. The van der Waals surface area contributed by atoms with Crippen LogP contribution in [0.3, 0.4) is 0 Å². The van der Waals surface area contributed by atoms with Gasteiger partial charge in [0.05, 0.1) is 0 Å². The summed E-state index contributed by atoms with van der Waals surface area (Å²) in [6.45, 7) is 11.9. The van der Waals surface area contributed by atoms with Crippen molar-refractivity contribution in [1.82, 2.24) is 4.90 Å². The molecule has 0 bridgehead atoms. The van der Waals surface area contributed by atoms with Crippen LogP contribution in [0.1, 0.15) is 41.0 Å². The summed E-state index contributed by atoms with van der Waals surface area (Å²) in [6, 6.07) is 0. The van der Waals surface area contributed by atoms with Crippen LogP contribution in [0.4, 0.5) is 0 Å². The Morgan fingerprint density at radius 3 is 2.12 bits per heavy atom. The highest BCUT2D eigenvalue weighted by atomic mass is 35.5. The first-order valence-corrected chi connectivity index (χ1v) is 6.13. The minimum atomic E-state index is 0. The van der Waals surface area contributed by atoms with E-state index in [4.69, 9.17) is 5.73 Å². The summed E-state index contributed by atoms with van der Waals surface area (Å²) < 4.78 is 0. The molecule has 3 nitrogen and oxygen atoms in total. The van der Waals surface area contributed by atoms with Gasteiger partial charge in [0, 0.05) is 20.0 Å². The summed E-state index contributed by atoms with van der Waals surface area (Å²) in [5.41, 5.74) is 5.67. The van der Waals surface area contributed by atoms with Crippen molar-refractivity contribution in [3.8, 4) is 0 Å². The summed E-state index contributed by atoms with van der Waals surface area (Å²) in [4.78, 5) is 13.7. The van der Waals surface area contributed by atoms with Crippen LogP contribution in [0.5, 0.6) is 0 Å². The number of amides is 1. The fourth-order valence-corrected chi connectivity index (χ4v) is 1.46. The van der Waals surface area contributed by atoms with E-state index in [0.717, 1.165) is 6.54 Å². The molecule has 1 unspecified atom stereocenters. The third kappa shape index (κ3) is 7.61. The standard InChI is InChI=1S/C13H28N2O.ClH/c1-10(2)11(3)7-12(16)15(6)9-13(4,5)8-14;/h10-11H,7-9,14H2,1-6H3;1H. The molecule has 0 fully saturated rings. The summed E-state index contributed by atoms with van der Waals surface area (Å²) in [5, 5.41) is 0. The van der Waals surface area contributed by atoms with Gasteiger partial charge in [0.15, 0.2) is 0 Å². The van der Waals surface area contributed by atoms with Crippen molar-refractivity contribution in [2.24, 2.45) is 23.0 Å². The Kier molecular flexibility index (Phi) is 8.90. The molecule has 0 spiro atoms. The molecule has 104 valence electrons. The van der Waals surface area contributed by atoms with Crippen molar-refractivity contribution < 1.29 is 4.79 Å². The zero-order valence-electron chi connectivity index (χ0n) is 12.1. The Hall–Kier alpha value is -0.280. The van der Waals surface area contributed by atoms with Gasteiger partial charge < -0.3 is 10.6 Å². The lowest BCUT2D eigenvalue weighted by atomic mass is 9.91. The number of hydrogen-bond donors (Lipinski definition) is 1. The van der Waals surface area contributed by atoms with Crippen molar-refractivity contribution in [3.05, 3.63) is 0 Å². The Morgan fingerprint density at radius 2 is 1.76 bits per heavy atom. The zero-order chi connectivity index (χ0) is 12.9. The molecule has 0 aromatic rings. The van der Waals surface area contributed by atoms with Gasteiger partial charge in [-0.25, -0.2) is 0 Å². The summed E-state index contributed by atoms with van der Waals surface area (Å²) in [5.74, 6) is 1.22. The van der Waals surface area contributed by atoms with Gasteiger partial charge >= 0.3 is 0 Å². The first kappa shape index (κ1) is 19.1. The van der Waals surface area contributed by atoms with E-state index in [2.05, 4.69) is 34.6 Å². The second-order valence-electron chi connectivity index (χ2n) is 6.04. The van der Waals surface area contributed by atoms with E-state index in [1.54, 1.807) is 0 Å². The van der Waals surface area contributed by atoms with Gasteiger partial charge in [0.2, 0.25) is 5.91 Å². The van der Waals surface area contributed by atoms with Gasteiger partial charge in [-0.05, 0) is 23.8 Å². The van der Waals surface area contributed by atoms with Crippen LogP contribution in [0, 0.1) is 17.3 Å². The number of nitrogens with two attached hydrogens (primary N) is 1. The van der Waals surface area contributed by atoms with E-state index in [1.165, 1.54) is 0 Å². The van der Waals surface area contributed by atoms with E-state index < -0.39 is 0 Å². The molecular formula is C13H29ClN2O. The molecule has 0 saturated carbocycles. The Labute approximate surface area is 113 Å². The van der Waals surface area contributed by atoms with Gasteiger partial charge in [-0.1, -0.05) is 34.6 Å². The van der Waals surface area contributed by atoms with Gasteiger partial charge in [-0.3, -0.25) is 4.79 Å². The SMILES string of the molecule is CC(C)C(C)CC(=O)N(C)CC(C)(C)CN.Cl. The van der Waals surface area contributed by atoms with Crippen LogP contribution in [-0.4, -0.2) is 30.9 Å². The van der Waals surface area contributed by atoms with Crippen molar-refractivity contribution in [3.63, 3.8) is 0 Å². The maximum absolute atomic E-state index is 11.9. The van der Waals surface area contributed by atoms with Crippen LogP contribution in [0.15, 0.2) is 0 Å². The molecular weight excluding hydrogens is 236 g/mol. The van der Waals surface area contributed by atoms with Gasteiger partial charge in [0.1, 0.15) is 0 Å². The summed E-state index contributed by atoms with van der Waals surface area (Å²) >= 11 is 0. The second-order valence-corrected chi connectivity index (χ2v) is 6.04. The lowest BCUT2D eigenvalue weighted by Gasteiger charge is -2.30. The van der Waals surface area contributed by atoms with Crippen LogP contribution < -0.4 is 5.73 Å². The Balaban J connectivity index is 0.